The van der Waals surface area contributed by atoms with Crippen molar-refractivity contribution in [1.82, 2.24) is 20.0 Å². The molecule has 2 aliphatic heterocycles. The van der Waals surface area contributed by atoms with Gasteiger partial charge in [0.25, 0.3) is 0 Å². The monoisotopic (exact) mass is 308 g/mol. The van der Waals surface area contributed by atoms with Gasteiger partial charge in [0.05, 0.1) is 6.54 Å². The number of carbonyl (C=O) groups is 1. The molecule has 0 aromatic heterocycles. The molecule has 1 amide bonds. The zero-order valence-corrected chi connectivity index (χ0v) is 14.1. The van der Waals surface area contributed by atoms with Crippen LogP contribution in [-0.4, -0.2) is 85.6 Å². The van der Waals surface area contributed by atoms with E-state index in [1.165, 1.54) is 51.6 Å². The quantitative estimate of drug-likeness (QED) is 0.832. The summed E-state index contributed by atoms with van der Waals surface area (Å²) in [4.78, 5) is 19.4. The highest BCUT2D eigenvalue weighted by atomic mass is 16.2. The van der Waals surface area contributed by atoms with E-state index in [2.05, 4.69) is 27.1 Å². The number of nitrogens with one attached hydrogen (secondary N) is 1. The highest BCUT2D eigenvalue weighted by molar-refractivity contribution is 5.78. The van der Waals surface area contributed by atoms with E-state index in [0.717, 1.165) is 32.2 Å². The van der Waals surface area contributed by atoms with Gasteiger partial charge in [-0.2, -0.15) is 0 Å². The van der Waals surface area contributed by atoms with Crippen molar-refractivity contribution in [3.05, 3.63) is 0 Å². The number of likely N-dealkylation sites (tertiary alicyclic amines) is 1. The smallest absolute Gasteiger partial charge is 0.236 e. The van der Waals surface area contributed by atoms with Crippen molar-refractivity contribution in [2.24, 2.45) is 0 Å². The highest BCUT2D eigenvalue weighted by Crippen LogP contribution is 2.18. The predicted octanol–water partition coefficient (Wildman–Crippen LogP) is 0.757. The van der Waals surface area contributed by atoms with Crippen LogP contribution in [0.5, 0.6) is 0 Å². The first kappa shape index (κ1) is 16.2. The minimum absolute atomic E-state index is 0.301. The van der Waals surface area contributed by atoms with Crippen LogP contribution in [0.15, 0.2) is 0 Å². The lowest BCUT2D eigenvalue weighted by molar-refractivity contribution is -0.132. The molecule has 0 aromatic carbocycles. The van der Waals surface area contributed by atoms with Crippen molar-refractivity contribution in [3.63, 3.8) is 0 Å². The number of rotatable bonds is 4. The van der Waals surface area contributed by atoms with Crippen molar-refractivity contribution < 1.29 is 4.79 Å². The number of nitrogens with zero attached hydrogens (tertiary/aromatic N) is 3. The molecule has 126 valence electrons. The van der Waals surface area contributed by atoms with Crippen LogP contribution in [0.3, 0.4) is 0 Å². The summed E-state index contributed by atoms with van der Waals surface area (Å²) in [5.41, 5.74) is 0. The van der Waals surface area contributed by atoms with Crippen molar-refractivity contribution >= 4 is 5.91 Å². The van der Waals surface area contributed by atoms with E-state index in [1.807, 2.05) is 0 Å². The van der Waals surface area contributed by atoms with E-state index < -0.39 is 0 Å². The Balaban J connectivity index is 1.36. The van der Waals surface area contributed by atoms with Crippen molar-refractivity contribution in [2.75, 3.05) is 52.9 Å². The molecule has 1 saturated carbocycles. The van der Waals surface area contributed by atoms with Gasteiger partial charge in [-0.05, 0) is 45.8 Å². The van der Waals surface area contributed by atoms with Gasteiger partial charge in [-0.25, -0.2) is 0 Å². The molecule has 2 heterocycles. The number of piperazine rings is 1. The van der Waals surface area contributed by atoms with Crippen LogP contribution in [-0.2, 0) is 4.79 Å². The third-order valence-electron chi connectivity index (χ3n) is 5.77. The molecule has 0 aromatic rings. The van der Waals surface area contributed by atoms with E-state index in [1.54, 1.807) is 0 Å². The van der Waals surface area contributed by atoms with Gasteiger partial charge < -0.3 is 15.1 Å². The van der Waals surface area contributed by atoms with E-state index in [9.17, 15) is 4.79 Å². The van der Waals surface area contributed by atoms with Crippen molar-refractivity contribution in [3.8, 4) is 0 Å². The van der Waals surface area contributed by atoms with E-state index >= 15 is 0 Å². The number of hydrogen-bond donors (Lipinski definition) is 1. The van der Waals surface area contributed by atoms with Gasteiger partial charge in [0, 0.05) is 38.3 Å². The number of amides is 1. The molecule has 3 rings (SSSR count). The maximum Gasteiger partial charge on any atom is 0.236 e. The maximum atomic E-state index is 12.3. The third-order valence-corrected chi connectivity index (χ3v) is 5.77. The SMILES string of the molecule is CN1CCC(N2CCN(C(=O)CNC3CCCC3)CC2)CC1. The Morgan fingerprint density at radius 1 is 0.955 bits per heavy atom. The Bertz CT molecular complexity index is 354. The van der Waals surface area contributed by atoms with Crippen LogP contribution in [0.4, 0.5) is 0 Å². The predicted molar refractivity (Wildman–Crippen MR) is 88.9 cm³/mol. The van der Waals surface area contributed by atoms with Gasteiger partial charge in [-0.1, -0.05) is 12.8 Å². The topological polar surface area (TPSA) is 38.8 Å². The molecule has 1 aliphatic carbocycles. The Labute approximate surface area is 135 Å². The fraction of sp³-hybridized carbons (Fsp3) is 0.941. The highest BCUT2D eigenvalue weighted by Gasteiger charge is 2.28. The summed E-state index contributed by atoms with van der Waals surface area (Å²) in [5, 5.41) is 3.45. The Morgan fingerprint density at radius 3 is 2.23 bits per heavy atom. The summed E-state index contributed by atoms with van der Waals surface area (Å²) in [5.74, 6) is 0.301. The van der Waals surface area contributed by atoms with E-state index in [4.69, 9.17) is 0 Å². The average molecular weight is 308 g/mol. The van der Waals surface area contributed by atoms with Gasteiger partial charge >= 0.3 is 0 Å². The van der Waals surface area contributed by atoms with E-state index in [-0.39, 0.29) is 0 Å². The summed E-state index contributed by atoms with van der Waals surface area (Å²) in [6.45, 7) is 6.92. The standard InChI is InChI=1S/C17H32N4O/c1-19-8-6-16(7-9-19)20-10-12-21(13-11-20)17(22)14-18-15-4-2-3-5-15/h15-16,18H,2-14H2,1H3. The molecular weight excluding hydrogens is 276 g/mol. The second-order valence-electron chi connectivity index (χ2n) is 7.31. The summed E-state index contributed by atoms with van der Waals surface area (Å²) in [7, 11) is 2.21. The maximum absolute atomic E-state index is 12.3. The number of hydrogen-bond acceptors (Lipinski definition) is 4. The molecule has 0 spiro atoms. The van der Waals surface area contributed by atoms with E-state index in [0.29, 0.717) is 18.5 Å². The van der Waals surface area contributed by atoms with Crippen LogP contribution in [0.2, 0.25) is 0 Å². The van der Waals surface area contributed by atoms with Crippen molar-refractivity contribution in [2.45, 2.75) is 50.6 Å². The van der Waals surface area contributed by atoms with Crippen LogP contribution < -0.4 is 5.32 Å². The minimum atomic E-state index is 0.301. The Kier molecular flexibility index (Phi) is 5.71. The number of piperidine rings is 1. The average Bonchev–Trinajstić information content (AvgIpc) is 3.07. The fourth-order valence-electron chi connectivity index (χ4n) is 4.17. The summed E-state index contributed by atoms with van der Waals surface area (Å²) in [6.07, 6.45) is 7.71. The molecule has 0 bridgehead atoms. The molecule has 5 nitrogen and oxygen atoms in total. The molecule has 22 heavy (non-hydrogen) atoms. The lowest BCUT2D eigenvalue weighted by Gasteiger charge is -2.42. The lowest BCUT2D eigenvalue weighted by atomic mass is 10.0. The second-order valence-corrected chi connectivity index (χ2v) is 7.31. The summed E-state index contributed by atoms with van der Waals surface area (Å²) >= 11 is 0. The first-order valence-corrected chi connectivity index (χ1v) is 9.16. The first-order chi connectivity index (χ1) is 10.7. The van der Waals surface area contributed by atoms with Crippen LogP contribution in [0, 0.1) is 0 Å². The van der Waals surface area contributed by atoms with Crippen molar-refractivity contribution in [1.29, 1.82) is 0 Å². The zero-order chi connectivity index (χ0) is 15.4. The zero-order valence-electron chi connectivity index (χ0n) is 14.1. The van der Waals surface area contributed by atoms with Crippen LogP contribution in [0.25, 0.3) is 0 Å². The Morgan fingerprint density at radius 2 is 1.59 bits per heavy atom. The minimum Gasteiger partial charge on any atom is -0.339 e. The second kappa shape index (κ2) is 7.75. The summed E-state index contributed by atoms with van der Waals surface area (Å²) < 4.78 is 0. The third kappa shape index (κ3) is 4.21. The fourth-order valence-corrected chi connectivity index (χ4v) is 4.17. The van der Waals surface area contributed by atoms with Gasteiger partial charge in [0.2, 0.25) is 5.91 Å². The molecule has 0 radical (unpaired) electrons. The normalized spacial score (nSPS) is 26.7. The lowest BCUT2D eigenvalue weighted by Crippen LogP contribution is -2.55. The molecule has 3 fully saturated rings. The first-order valence-electron chi connectivity index (χ1n) is 9.16. The van der Waals surface area contributed by atoms with Gasteiger partial charge in [-0.15, -0.1) is 0 Å². The largest absolute Gasteiger partial charge is 0.339 e. The molecule has 5 heteroatoms. The van der Waals surface area contributed by atoms with Crippen LogP contribution >= 0.6 is 0 Å². The molecule has 0 unspecified atom stereocenters. The molecule has 3 aliphatic rings. The molecule has 1 N–H and O–H groups in total. The van der Waals surface area contributed by atoms with Gasteiger partial charge in [0.15, 0.2) is 0 Å². The van der Waals surface area contributed by atoms with Gasteiger partial charge in [0.1, 0.15) is 0 Å². The Hall–Kier alpha value is -0.650. The summed E-state index contributed by atoms with van der Waals surface area (Å²) in [6, 6.07) is 1.33. The molecular formula is C17H32N4O. The van der Waals surface area contributed by atoms with Crippen LogP contribution in [0.1, 0.15) is 38.5 Å². The van der Waals surface area contributed by atoms with Gasteiger partial charge in [-0.3, -0.25) is 9.69 Å². The molecule has 0 atom stereocenters. The number of carbonyl (C=O) groups excluding carboxylic acids is 1. The molecule has 2 saturated heterocycles.